The maximum absolute atomic E-state index is 11.9. The molecular formula is C17H13Cl2N3O5. The third kappa shape index (κ3) is 5.19. The zero-order valence-electron chi connectivity index (χ0n) is 13.8. The summed E-state index contributed by atoms with van der Waals surface area (Å²) in [4.78, 5) is 34.8. The van der Waals surface area contributed by atoms with Crippen molar-refractivity contribution in [3.63, 3.8) is 0 Å². The fourth-order valence-corrected chi connectivity index (χ4v) is 2.32. The van der Waals surface area contributed by atoms with Crippen LogP contribution in [0.4, 0.5) is 5.69 Å². The Balaban J connectivity index is 2.02. The molecule has 0 aliphatic rings. The number of benzene rings is 2. The van der Waals surface area contributed by atoms with Gasteiger partial charge in [-0.3, -0.25) is 9.59 Å². The summed E-state index contributed by atoms with van der Waals surface area (Å²) in [5.74, 6) is -3.04. The van der Waals surface area contributed by atoms with E-state index in [0.717, 1.165) is 0 Å². The fraction of sp³-hybridized carbons (Fsp3) is 0.0588. The number of amides is 2. The Labute approximate surface area is 163 Å². The lowest BCUT2D eigenvalue weighted by molar-refractivity contribution is -0.136. The van der Waals surface area contributed by atoms with Gasteiger partial charge in [0, 0.05) is 0 Å². The second kappa shape index (κ2) is 9.02. The van der Waals surface area contributed by atoms with Crippen molar-refractivity contribution in [1.29, 1.82) is 0 Å². The Bertz CT molecular complexity index is 931. The summed E-state index contributed by atoms with van der Waals surface area (Å²) < 4.78 is 4.94. The highest BCUT2D eigenvalue weighted by molar-refractivity contribution is 6.45. The third-order valence-electron chi connectivity index (χ3n) is 3.24. The summed E-state index contributed by atoms with van der Waals surface area (Å²) in [7, 11) is 1.35. The highest BCUT2D eigenvalue weighted by Crippen LogP contribution is 2.29. The average Bonchev–Trinajstić information content (AvgIpc) is 2.65. The molecule has 2 aromatic carbocycles. The molecule has 0 bridgehead atoms. The summed E-state index contributed by atoms with van der Waals surface area (Å²) in [6.45, 7) is 0. The molecule has 140 valence electrons. The average molecular weight is 410 g/mol. The molecule has 8 nitrogen and oxygen atoms in total. The minimum absolute atomic E-state index is 0.0684. The monoisotopic (exact) mass is 409 g/mol. The number of hydrogen-bond acceptors (Lipinski definition) is 5. The number of rotatable bonds is 5. The second-order valence-corrected chi connectivity index (χ2v) is 5.80. The lowest BCUT2D eigenvalue weighted by Crippen LogP contribution is -2.32. The molecule has 2 amide bonds. The molecule has 0 spiro atoms. The number of ether oxygens (including phenoxy) is 1. The van der Waals surface area contributed by atoms with Crippen molar-refractivity contribution in [2.24, 2.45) is 5.10 Å². The van der Waals surface area contributed by atoms with Crippen molar-refractivity contribution in [1.82, 2.24) is 5.43 Å². The molecule has 27 heavy (non-hydrogen) atoms. The van der Waals surface area contributed by atoms with Gasteiger partial charge in [0.2, 0.25) is 0 Å². The van der Waals surface area contributed by atoms with Gasteiger partial charge in [0.15, 0.2) is 0 Å². The normalized spacial score (nSPS) is 10.5. The van der Waals surface area contributed by atoms with Crippen molar-refractivity contribution >= 4 is 52.9 Å². The van der Waals surface area contributed by atoms with Crippen molar-refractivity contribution < 1.29 is 24.2 Å². The smallest absolute Gasteiger partial charge is 0.339 e. The summed E-state index contributed by atoms with van der Waals surface area (Å²) in [5, 5.41) is 15.4. The van der Waals surface area contributed by atoms with Crippen LogP contribution in [0.25, 0.3) is 0 Å². The van der Waals surface area contributed by atoms with Gasteiger partial charge < -0.3 is 15.2 Å². The molecule has 0 fully saturated rings. The number of hydrazone groups is 1. The van der Waals surface area contributed by atoms with Crippen LogP contribution < -0.4 is 15.5 Å². The molecule has 0 atom stereocenters. The number of nitrogens with zero attached hydrogens (tertiary/aromatic N) is 1. The van der Waals surface area contributed by atoms with Crippen LogP contribution in [-0.2, 0) is 9.59 Å². The van der Waals surface area contributed by atoms with Gasteiger partial charge in [-0.05, 0) is 35.9 Å². The Morgan fingerprint density at radius 1 is 1.15 bits per heavy atom. The molecule has 2 aromatic rings. The van der Waals surface area contributed by atoms with E-state index < -0.39 is 17.8 Å². The van der Waals surface area contributed by atoms with Crippen LogP contribution in [0.3, 0.4) is 0 Å². The zero-order chi connectivity index (χ0) is 20.0. The standard InChI is InChI=1S/C17H13Cl2N3O5/c1-27-13-6-5-9(7-10(13)17(25)26)8-20-22-16(24)15(23)21-12-4-2-3-11(18)14(12)19/h2-8H,1H3,(H,21,23)(H,22,24)(H,25,26)/b20-8-. The summed E-state index contributed by atoms with van der Waals surface area (Å²) in [6.07, 6.45) is 1.18. The van der Waals surface area contributed by atoms with Gasteiger partial charge in [0.05, 0.1) is 29.1 Å². The lowest BCUT2D eigenvalue weighted by atomic mass is 10.1. The molecule has 0 saturated heterocycles. The number of halogens is 2. The maximum atomic E-state index is 11.9. The summed E-state index contributed by atoms with van der Waals surface area (Å²) >= 11 is 11.8. The highest BCUT2D eigenvalue weighted by atomic mass is 35.5. The Morgan fingerprint density at radius 2 is 1.89 bits per heavy atom. The first kappa shape index (κ1) is 20.2. The number of anilines is 1. The number of carbonyl (C=O) groups is 3. The van der Waals surface area contributed by atoms with E-state index in [0.29, 0.717) is 5.56 Å². The van der Waals surface area contributed by atoms with Gasteiger partial charge in [-0.2, -0.15) is 5.10 Å². The van der Waals surface area contributed by atoms with Crippen LogP contribution in [0.2, 0.25) is 10.0 Å². The molecular weight excluding hydrogens is 397 g/mol. The van der Waals surface area contributed by atoms with Gasteiger partial charge in [0.25, 0.3) is 0 Å². The molecule has 0 saturated carbocycles. The minimum atomic E-state index is -1.18. The van der Waals surface area contributed by atoms with E-state index >= 15 is 0 Å². The summed E-state index contributed by atoms with van der Waals surface area (Å²) in [6, 6.07) is 8.86. The fourth-order valence-electron chi connectivity index (χ4n) is 1.97. The van der Waals surface area contributed by atoms with Gasteiger partial charge in [-0.25, -0.2) is 10.2 Å². The van der Waals surface area contributed by atoms with Crippen LogP contribution in [0.1, 0.15) is 15.9 Å². The van der Waals surface area contributed by atoms with Crippen LogP contribution in [0.15, 0.2) is 41.5 Å². The number of hydrogen-bond donors (Lipinski definition) is 3. The van der Waals surface area contributed by atoms with E-state index in [1.807, 2.05) is 5.43 Å². The number of carboxylic acids is 1. The molecule has 0 aliphatic carbocycles. The Hall–Kier alpha value is -3.10. The largest absolute Gasteiger partial charge is 0.496 e. The first-order chi connectivity index (χ1) is 12.8. The molecule has 0 aliphatic heterocycles. The Kier molecular flexibility index (Phi) is 6.75. The zero-order valence-corrected chi connectivity index (χ0v) is 15.3. The van der Waals surface area contributed by atoms with E-state index in [4.69, 9.17) is 33.0 Å². The predicted octanol–water partition coefficient (Wildman–Crippen LogP) is 2.79. The maximum Gasteiger partial charge on any atom is 0.339 e. The van der Waals surface area contributed by atoms with E-state index in [1.165, 1.54) is 43.7 Å². The van der Waals surface area contributed by atoms with Crippen LogP contribution in [-0.4, -0.2) is 36.2 Å². The quantitative estimate of drug-likeness (QED) is 0.398. The number of aromatic carboxylic acids is 1. The topological polar surface area (TPSA) is 117 Å². The van der Waals surface area contributed by atoms with Gasteiger partial charge in [-0.1, -0.05) is 29.3 Å². The first-order valence-corrected chi connectivity index (χ1v) is 8.08. The third-order valence-corrected chi connectivity index (χ3v) is 4.06. The molecule has 3 N–H and O–H groups in total. The van der Waals surface area contributed by atoms with Gasteiger partial charge >= 0.3 is 17.8 Å². The lowest BCUT2D eigenvalue weighted by Gasteiger charge is -2.07. The Morgan fingerprint density at radius 3 is 2.56 bits per heavy atom. The minimum Gasteiger partial charge on any atom is -0.496 e. The van der Waals surface area contributed by atoms with E-state index in [1.54, 1.807) is 6.07 Å². The van der Waals surface area contributed by atoms with E-state index in [9.17, 15) is 14.4 Å². The predicted molar refractivity (Wildman–Crippen MR) is 101 cm³/mol. The second-order valence-electron chi connectivity index (χ2n) is 5.02. The van der Waals surface area contributed by atoms with Crippen LogP contribution >= 0.6 is 23.2 Å². The summed E-state index contributed by atoms with van der Waals surface area (Å²) in [5.41, 5.74) is 2.51. The SMILES string of the molecule is COc1ccc(/C=N\NC(=O)C(=O)Nc2cccc(Cl)c2Cl)cc1C(=O)O. The number of carboxylic acid groups (broad SMARTS) is 1. The highest BCUT2D eigenvalue weighted by Gasteiger charge is 2.15. The molecule has 10 heteroatoms. The number of nitrogens with one attached hydrogen (secondary N) is 2. The van der Waals surface area contributed by atoms with Gasteiger partial charge in [-0.15, -0.1) is 0 Å². The van der Waals surface area contributed by atoms with Crippen LogP contribution in [0.5, 0.6) is 5.75 Å². The molecule has 2 rings (SSSR count). The van der Waals surface area contributed by atoms with Crippen LogP contribution in [0, 0.1) is 0 Å². The van der Waals surface area contributed by atoms with Crippen molar-refractivity contribution in [2.75, 3.05) is 12.4 Å². The van der Waals surface area contributed by atoms with E-state index in [2.05, 4.69) is 10.4 Å². The molecule has 0 aromatic heterocycles. The van der Waals surface area contributed by atoms with Crippen molar-refractivity contribution in [3.05, 3.63) is 57.6 Å². The molecule has 0 unspecified atom stereocenters. The van der Waals surface area contributed by atoms with Crippen molar-refractivity contribution in [3.8, 4) is 5.75 Å². The van der Waals surface area contributed by atoms with Gasteiger partial charge in [0.1, 0.15) is 11.3 Å². The molecule has 0 radical (unpaired) electrons. The van der Waals surface area contributed by atoms with E-state index in [-0.39, 0.29) is 27.0 Å². The number of carbonyl (C=O) groups excluding carboxylic acids is 2. The number of methoxy groups -OCH3 is 1. The first-order valence-electron chi connectivity index (χ1n) is 7.33. The molecule has 0 heterocycles. The van der Waals surface area contributed by atoms with Crippen molar-refractivity contribution in [2.45, 2.75) is 0 Å².